The van der Waals surface area contributed by atoms with Gasteiger partial charge in [0.15, 0.2) is 0 Å². The molecule has 3 aromatic rings. The Morgan fingerprint density at radius 3 is 2.78 bits per heavy atom. The van der Waals surface area contributed by atoms with Gasteiger partial charge in [-0.3, -0.25) is 0 Å². The van der Waals surface area contributed by atoms with Crippen molar-refractivity contribution < 1.29 is 0 Å². The lowest BCUT2D eigenvalue weighted by Gasteiger charge is -2.26. The van der Waals surface area contributed by atoms with E-state index in [0.717, 1.165) is 42.4 Å². The number of anilines is 3. The molecule has 32 heavy (non-hydrogen) atoms. The van der Waals surface area contributed by atoms with Gasteiger partial charge in [-0.05, 0) is 39.2 Å². The summed E-state index contributed by atoms with van der Waals surface area (Å²) in [5, 5.41) is 8.82. The minimum absolute atomic E-state index is 0.425. The molecule has 0 spiro atoms. The van der Waals surface area contributed by atoms with Crippen LogP contribution in [0.1, 0.15) is 38.7 Å². The van der Waals surface area contributed by atoms with Crippen LogP contribution in [-0.2, 0) is 0 Å². The highest BCUT2D eigenvalue weighted by atomic mass is 15.4. The molecule has 1 saturated heterocycles. The molecule has 8 heteroatoms. The molecule has 1 aromatic carbocycles. The van der Waals surface area contributed by atoms with Crippen molar-refractivity contribution in [2.75, 3.05) is 35.3 Å². The second kappa shape index (κ2) is 10.6. The lowest BCUT2D eigenvalue weighted by molar-refractivity contribution is 0.568. The van der Waals surface area contributed by atoms with Crippen LogP contribution in [0, 0.1) is 0 Å². The summed E-state index contributed by atoms with van der Waals surface area (Å²) in [5.74, 6) is 1.65. The van der Waals surface area contributed by atoms with Gasteiger partial charge >= 0.3 is 0 Å². The standard InChI is InChI=1S/C24H30N8/c1-3-4-10-18(2)15-26-22-28-23(30-24(29-22)32-13-8-5-9-14-32)31-27-17-19-16-25-21-12-7-6-11-20(19)21/h3-4,6-7,10-12,16-17,25H,5,8-9,13-15H2,1-2H3,(H2,26,28,29,30,31)/b4-3-,18-10+,27-17+. The maximum Gasteiger partial charge on any atom is 0.250 e. The van der Waals surface area contributed by atoms with Gasteiger partial charge in [0.1, 0.15) is 0 Å². The number of para-hydroxylation sites is 1. The van der Waals surface area contributed by atoms with Crippen LogP contribution in [0.2, 0.25) is 0 Å². The summed E-state index contributed by atoms with van der Waals surface area (Å²) >= 11 is 0. The number of aromatic amines is 1. The zero-order valence-corrected chi connectivity index (χ0v) is 18.7. The summed E-state index contributed by atoms with van der Waals surface area (Å²) < 4.78 is 0. The number of benzene rings is 1. The fourth-order valence-electron chi connectivity index (χ4n) is 3.63. The second-order valence-electron chi connectivity index (χ2n) is 7.88. The molecule has 8 nitrogen and oxygen atoms in total. The van der Waals surface area contributed by atoms with Crippen molar-refractivity contribution in [3.63, 3.8) is 0 Å². The number of nitrogens with one attached hydrogen (secondary N) is 3. The van der Waals surface area contributed by atoms with Crippen molar-refractivity contribution in [3.05, 3.63) is 59.8 Å². The molecule has 2 aromatic heterocycles. The summed E-state index contributed by atoms with van der Waals surface area (Å²) in [6.07, 6.45) is 13.4. The first-order valence-electron chi connectivity index (χ1n) is 11.1. The molecule has 0 radical (unpaired) electrons. The molecule has 3 N–H and O–H groups in total. The SMILES string of the molecule is C/C=C\C=C(/C)CNc1nc(N/N=C/c2c[nH]c3ccccc23)nc(N2CCCCC2)n1. The Morgan fingerprint density at radius 1 is 1.12 bits per heavy atom. The van der Waals surface area contributed by atoms with E-state index in [0.29, 0.717) is 24.4 Å². The summed E-state index contributed by atoms with van der Waals surface area (Å²) in [7, 11) is 0. The van der Waals surface area contributed by atoms with Gasteiger partial charge in [-0.15, -0.1) is 0 Å². The van der Waals surface area contributed by atoms with E-state index >= 15 is 0 Å². The number of nitrogens with zero attached hydrogens (tertiary/aromatic N) is 5. The van der Waals surface area contributed by atoms with E-state index in [9.17, 15) is 0 Å². The maximum atomic E-state index is 4.66. The fraction of sp³-hybridized carbons (Fsp3) is 0.333. The second-order valence-corrected chi connectivity index (χ2v) is 7.88. The van der Waals surface area contributed by atoms with Crippen LogP contribution >= 0.6 is 0 Å². The predicted octanol–water partition coefficient (Wildman–Crippen LogP) is 4.72. The Hall–Kier alpha value is -3.68. The third-order valence-electron chi connectivity index (χ3n) is 5.35. The van der Waals surface area contributed by atoms with E-state index in [1.165, 1.54) is 12.0 Å². The number of fused-ring (bicyclic) bond motifs is 1. The molecule has 0 bridgehead atoms. The zero-order chi connectivity index (χ0) is 22.2. The molecule has 0 atom stereocenters. The Morgan fingerprint density at radius 2 is 1.94 bits per heavy atom. The molecule has 1 aliphatic heterocycles. The molecule has 166 valence electrons. The Kier molecular flexibility index (Phi) is 7.12. The number of H-pyrrole nitrogens is 1. The maximum absolute atomic E-state index is 4.66. The summed E-state index contributed by atoms with van der Waals surface area (Å²) in [6.45, 7) is 6.66. The number of allylic oxidation sites excluding steroid dienone is 3. The monoisotopic (exact) mass is 430 g/mol. The Bertz CT molecular complexity index is 1120. The van der Waals surface area contributed by atoms with Crippen LogP contribution < -0.4 is 15.6 Å². The van der Waals surface area contributed by atoms with Gasteiger partial charge in [0.05, 0.1) is 6.21 Å². The molecular formula is C24H30N8. The first-order valence-corrected chi connectivity index (χ1v) is 11.1. The number of aromatic nitrogens is 4. The summed E-state index contributed by atoms with van der Waals surface area (Å²) in [6, 6.07) is 8.13. The van der Waals surface area contributed by atoms with Crippen LogP contribution in [-0.4, -0.2) is 45.8 Å². The third-order valence-corrected chi connectivity index (χ3v) is 5.35. The molecule has 0 aliphatic carbocycles. The van der Waals surface area contributed by atoms with E-state index < -0.39 is 0 Å². The van der Waals surface area contributed by atoms with Gasteiger partial charge in [-0.25, -0.2) is 5.43 Å². The van der Waals surface area contributed by atoms with E-state index in [1.807, 2.05) is 43.5 Å². The Balaban J connectivity index is 1.52. The lowest BCUT2D eigenvalue weighted by Crippen LogP contribution is -2.31. The number of piperidine rings is 1. The van der Waals surface area contributed by atoms with Gasteiger partial charge in [-0.2, -0.15) is 20.1 Å². The van der Waals surface area contributed by atoms with Crippen LogP contribution in [0.3, 0.4) is 0 Å². The Labute approximate surface area is 188 Å². The largest absolute Gasteiger partial charge is 0.361 e. The molecule has 0 amide bonds. The minimum atomic E-state index is 0.425. The lowest BCUT2D eigenvalue weighted by atomic mass is 10.1. The number of hydrogen-bond acceptors (Lipinski definition) is 7. The van der Waals surface area contributed by atoms with Crippen molar-refractivity contribution in [1.82, 2.24) is 19.9 Å². The van der Waals surface area contributed by atoms with E-state index in [4.69, 9.17) is 0 Å². The van der Waals surface area contributed by atoms with Crippen molar-refractivity contribution in [3.8, 4) is 0 Å². The van der Waals surface area contributed by atoms with E-state index in [1.54, 1.807) is 6.21 Å². The van der Waals surface area contributed by atoms with Gasteiger partial charge in [0.2, 0.25) is 17.8 Å². The molecule has 1 fully saturated rings. The average molecular weight is 431 g/mol. The van der Waals surface area contributed by atoms with Crippen molar-refractivity contribution in [2.24, 2.45) is 5.10 Å². The van der Waals surface area contributed by atoms with Crippen LogP contribution in [0.4, 0.5) is 17.8 Å². The number of rotatable bonds is 8. The number of hydrazone groups is 1. The molecule has 3 heterocycles. The topological polar surface area (TPSA) is 94.1 Å². The van der Waals surface area contributed by atoms with Crippen molar-refractivity contribution in [1.29, 1.82) is 0 Å². The molecule has 1 aliphatic rings. The first-order chi connectivity index (χ1) is 15.7. The highest BCUT2D eigenvalue weighted by Gasteiger charge is 2.16. The quantitative estimate of drug-likeness (QED) is 0.272. The number of hydrogen-bond donors (Lipinski definition) is 3. The van der Waals surface area contributed by atoms with Crippen LogP contribution in [0.5, 0.6) is 0 Å². The van der Waals surface area contributed by atoms with E-state index in [-0.39, 0.29) is 0 Å². The van der Waals surface area contributed by atoms with E-state index in [2.05, 4.69) is 59.7 Å². The van der Waals surface area contributed by atoms with Gasteiger partial charge in [0, 0.05) is 42.3 Å². The molecule has 0 unspecified atom stereocenters. The smallest absolute Gasteiger partial charge is 0.250 e. The minimum Gasteiger partial charge on any atom is -0.361 e. The fourth-order valence-corrected chi connectivity index (χ4v) is 3.63. The van der Waals surface area contributed by atoms with Gasteiger partial charge < -0.3 is 15.2 Å². The average Bonchev–Trinajstić information content (AvgIpc) is 3.25. The highest BCUT2D eigenvalue weighted by molar-refractivity contribution is 5.99. The zero-order valence-electron chi connectivity index (χ0n) is 18.7. The molecule has 4 rings (SSSR count). The van der Waals surface area contributed by atoms with Crippen LogP contribution in [0.15, 0.2) is 59.4 Å². The predicted molar refractivity (Wildman–Crippen MR) is 132 cm³/mol. The third kappa shape index (κ3) is 5.51. The van der Waals surface area contributed by atoms with Gasteiger partial charge in [0.25, 0.3) is 0 Å². The summed E-state index contributed by atoms with van der Waals surface area (Å²) in [4.78, 5) is 19.3. The molecular weight excluding hydrogens is 400 g/mol. The van der Waals surface area contributed by atoms with Crippen molar-refractivity contribution in [2.45, 2.75) is 33.1 Å². The first kappa shape index (κ1) is 21.5. The van der Waals surface area contributed by atoms with Crippen LogP contribution in [0.25, 0.3) is 10.9 Å². The normalized spacial score (nSPS) is 15.2. The summed E-state index contributed by atoms with van der Waals surface area (Å²) in [5.41, 5.74) is 6.26. The van der Waals surface area contributed by atoms with Gasteiger partial charge in [-0.1, -0.05) is 42.0 Å². The molecule has 0 saturated carbocycles. The van der Waals surface area contributed by atoms with Crippen molar-refractivity contribution >= 4 is 35.0 Å². The highest BCUT2D eigenvalue weighted by Crippen LogP contribution is 2.19.